The first-order valence-electron chi connectivity index (χ1n) is 7.39. The highest BCUT2D eigenvalue weighted by Gasteiger charge is 2.11. The third-order valence-electron chi connectivity index (χ3n) is 3.96. The van der Waals surface area contributed by atoms with E-state index in [4.69, 9.17) is 0 Å². The number of hydrogen-bond acceptors (Lipinski definition) is 2. The molecule has 2 rings (SSSR count). The molecule has 0 spiro atoms. The molecule has 0 aliphatic rings. The molecule has 0 amide bonds. The Hall–Kier alpha value is -1.84. The van der Waals surface area contributed by atoms with E-state index in [9.17, 15) is 10.1 Å². The van der Waals surface area contributed by atoms with Crippen LogP contribution in [0.3, 0.4) is 0 Å². The summed E-state index contributed by atoms with van der Waals surface area (Å²) in [6.07, 6.45) is 6.97. The maximum atomic E-state index is 10.8. The van der Waals surface area contributed by atoms with E-state index in [0.29, 0.717) is 5.92 Å². The van der Waals surface area contributed by atoms with Crippen molar-refractivity contribution in [2.75, 3.05) is 0 Å². The first-order chi connectivity index (χ1) is 9.65. The molecular formula is C16H22N2O2. The van der Waals surface area contributed by atoms with Crippen molar-refractivity contribution in [3.05, 3.63) is 40.6 Å². The Morgan fingerprint density at radius 2 is 2.10 bits per heavy atom. The fourth-order valence-corrected chi connectivity index (χ4v) is 2.66. The van der Waals surface area contributed by atoms with Crippen LogP contribution in [0, 0.1) is 16.0 Å². The second-order valence-electron chi connectivity index (χ2n) is 5.38. The second-order valence-corrected chi connectivity index (χ2v) is 5.38. The average molecular weight is 274 g/mol. The number of hydrogen-bond donors (Lipinski definition) is 0. The van der Waals surface area contributed by atoms with Gasteiger partial charge in [0.05, 0.1) is 4.92 Å². The quantitative estimate of drug-likeness (QED) is 0.539. The van der Waals surface area contributed by atoms with Gasteiger partial charge in [0.25, 0.3) is 5.69 Å². The lowest BCUT2D eigenvalue weighted by atomic mass is 9.99. The van der Waals surface area contributed by atoms with Gasteiger partial charge < -0.3 is 4.57 Å². The van der Waals surface area contributed by atoms with Crippen LogP contribution < -0.4 is 0 Å². The summed E-state index contributed by atoms with van der Waals surface area (Å²) in [4.78, 5) is 10.5. The van der Waals surface area contributed by atoms with Crippen molar-refractivity contribution < 1.29 is 4.92 Å². The number of unbranched alkanes of at least 4 members (excludes halogenated alkanes) is 1. The highest BCUT2D eigenvalue weighted by atomic mass is 16.6. The summed E-state index contributed by atoms with van der Waals surface area (Å²) >= 11 is 0. The summed E-state index contributed by atoms with van der Waals surface area (Å²) in [5.74, 6) is 0.681. The van der Waals surface area contributed by atoms with Crippen LogP contribution in [0.5, 0.6) is 0 Å². The van der Waals surface area contributed by atoms with Crippen LogP contribution >= 0.6 is 0 Å². The van der Waals surface area contributed by atoms with Crippen molar-refractivity contribution in [3.63, 3.8) is 0 Å². The van der Waals surface area contributed by atoms with E-state index in [1.54, 1.807) is 12.1 Å². The van der Waals surface area contributed by atoms with Gasteiger partial charge in [-0.2, -0.15) is 0 Å². The standard InChI is InChI=1S/C16H22N2O2/c1-3-5-6-13(4-2)12-17-10-9-14-11-15(18(19)20)7-8-16(14)17/h7-11,13H,3-6,12H2,1-2H3. The molecule has 0 aliphatic heterocycles. The van der Waals surface area contributed by atoms with Gasteiger partial charge in [0.15, 0.2) is 0 Å². The maximum absolute atomic E-state index is 10.8. The predicted octanol–water partition coefficient (Wildman–Crippen LogP) is 4.77. The molecule has 4 heteroatoms. The lowest BCUT2D eigenvalue weighted by Crippen LogP contribution is -2.09. The summed E-state index contributed by atoms with van der Waals surface area (Å²) in [5, 5.41) is 11.7. The van der Waals surface area contributed by atoms with E-state index >= 15 is 0 Å². The van der Waals surface area contributed by atoms with Gasteiger partial charge in [0.1, 0.15) is 0 Å². The summed E-state index contributed by atoms with van der Waals surface area (Å²) in [7, 11) is 0. The van der Waals surface area contributed by atoms with Crippen LogP contribution in [-0.2, 0) is 6.54 Å². The van der Waals surface area contributed by atoms with E-state index < -0.39 is 0 Å². The van der Waals surface area contributed by atoms with Crippen molar-refractivity contribution in [2.24, 2.45) is 5.92 Å². The molecule has 1 heterocycles. The maximum Gasteiger partial charge on any atom is 0.270 e. The third-order valence-corrected chi connectivity index (χ3v) is 3.96. The second kappa shape index (κ2) is 6.55. The predicted molar refractivity (Wildman–Crippen MR) is 81.9 cm³/mol. The van der Waals surface area contributed by atoms with Crippen molar-refractivity contribution in [1.29, 1.82) is 0 Å². The molecule has 0 saturated heterocycles. The van der Waals surface area contributed by atoms with Crippen molar-refractivity contribution in [3.8, 4) is 0 Å². The molecule has 0 saturated carbocycles. The van der Waals surface area contributed by atoms with Crippen LogP contribution in [0.1, 0.15) is 39.5 Å². The highest BCUT2D eigenvalue weighted by Crippen LogP contribution is 2.24. The minimum atomic E-state index is -0.340. The summed E-state index contributed by atoms with van der Waals surface area (Å²) in [5.41, 5.74) is 1.25. The van der Waals surface area contributed by atoms with Gasteiger partial charge >= 0.3 is 0 Å². The van der Waals surface area contributed by atoms with Gasteiger partial charge in [0.2, 0.25) is 0 Å². The fraction of sp³-hybridized carbons (Fsp3) is 0.500. The van der Waals surface area contributed by atoms with Crippen molar-refractivity contribution >= 4 is 16.6 Å². The smallest absolute Gasteiger partial charge is 0.270 e. The van der Waals surface area contributed by atoms with Gasteiger partial charge in [0, 0.05) is 35.8 Å². The molecule has 0 radical (unpaired) electrons. The number of fused-ring (bicyclic) bond motifs is 1. The Balaban J connectivity index is 2.20. The third kappa shape index (κ3) is 3.18. The average Bonchev–Trinajstić information content (AvgIpc) is 2.85. The van der Waals surface area contributed by atoms with E-state index in [-0.39, 0.29) is 10.6 Å². The first kappa shape index (κ1) is 14.6. The van der Waals surface area contributed by atoms with Gasteiger partial charge in [-0.1, -0.05) is 33.1 Å². The van der Waals surface area contributed by atoms with Gasteiger partial charge in [-0.25, -0.2) is 0 Å². The first-order valence-corrected chi connectivity index (χ1v) is 7.39. The summed E-state index contributed by atoms with van der Waals surface area (Å²) < 4.78 is 2.23. The minimum absolute atomic E-state index is 0.160. The zero-order valence-corrected chi connectivity index (χ0v) is 12.2. The van der Waals surface area contributed by atoms with E-state index in [1.807, 2.05) is 18.3 Å². The lowest BCUT2D eigenvalue weighted by molar-refractivity contribution is -0.384. The Bertz CT molecular complexity index is 589. The molecule has 0 aliphatic carbocycles. The molecule has 1 aromatic heterocycles. The summed E-state index contributed by atoms with van der Waals surface area (Å²) in [6, 6.07) is 7.07. The Morgan fingerprint density at radius 3 is 2.75 bits per heavy atom. The van der Waals surface area contributed by atoms with Crippen molar-refractivity contribution in [2.45, 2.75) is 46.1 Å². The fourth-order valence-electron chi connectivity index (χ4n) is 2.66. The molecule has 0 N–H and O–H groups in total. The number of aromatic nitrogens is 1. The number of non-ortho nitro benzene ring substituents is 1. The molecular weight excluding hydrogens is 252 g/mol. The lowest BCUT2D eigenvalue weighted by Gasteiger charge is -2.16. The SMILES string of the molecule is CCCCC(CC)Cn1ccc2cc([N+](=O)[O-])ccc21. The molecule has 108 valence electrons. The highest BCUT2D eigenvalue weighted by molar-refractivity contribution is 5.82. The number of nitro groups is 1. The van der Waals surface area contributed by atoms with Crippen LogP contribution in [0.4, 0.5) is 5.69 Å². The van der Waals surface area contributed by atoms with Crippen LogP contribution in [0.15, 0.2) is 30.5 Å². The molecule has 1 unspecified atom stereocenters. The zero-order chi connectivity index (χ0) is 14.5. The van der Waals surface area contributed by atoms with E-state index in [2.05, 4.69) is 18.4 Å². The molecule has 1 atom stereocenters. The number of nitro benzene ring substituents is 1. The van der Waals surface area contributed by atoms with Gasteiger partial charge in [-0.05, 0) is 24.5 Å². The number of rotatable bonds is 7. The van der Waals surface area contributed by atoms with E-state index in [1.165, 1.54) is 25.7 Å². The Morgan fingerprint density at radius 1 is 1.30 bits per heavy atom. The van der Waals surface area contributed by atoms with Crippen LogP contribution in [0.25, 0.3) is 10.9 Å². The topological polar surface area (TPSA) is 48.1 Å². The van der Waals surface area contributed by atoms with Gasteiger partial charge in [-0.15, -0.1) is 0 Å². The van der Waals surface area contributed by atoms with Crippen molar-refractivity contribution in [1.82, 2.24) is 4.57 Å². The Labute approximate surface area is 119 Å². The minimum Gasteiger partial charge on any atom is -0.347 e. The number of benzene rings is 1. The monoisotopic (exact) mass is 274 g/mol. The van der Waals surface area contributed by atoms with Gasteiger partial charge in [-0.3, -0.25) is 10.1 Å². The van der Waals surface area contributed by atoms with E-state index in [0.717, 1.165) is 17.4 Å². The zero-order valence-electron chi connectivity index (χ0n) is 12.2. The largest absolute Gasteiger partial charge is 0.347 e. The Kier molecular flexibility index (Phi) is 4.77. The number of nitrogens with zero attached hydrogens (tertiary/aromatic N) is 2. The molecule has 2 aromatic rings. The molecule has 4 nitrogen and oxygen atoms in total. The normalized spacial score (nSPS) is 12.7. The molecule has 0 fully saturated rings. The molecule has 1 aromatic carbocycles. The van der Waals surface area contributed by atoms with Crippen LogP contribution in [-0.4, -0.2) is 9.49 Å². The molecule has 20 heavy (non-hydrogen) atoms. The van der Waals surface area contributed by atoms with Crippen LogP contribution in [0.2, 0.25) is 0 Å². The summed E-state index contributed by atoms with van der Waals surface area (Å²) in [6.45, 7) is 5.45. The molecule has 0 bridgehead atoms.